The van der Waals surface area contributed by atoms with Crippen LogP contribution in [0.1, 0.15) is 17.2 Å². The number of nitrogens with zero attached hydrogens (tertiary/aromatic N) is 1. The molecule has 114 valence electrons. The molecule has 2 aliphatic rings. The molecule has 1 amide bonds. The van der Waals surface area contributed by atoms with E-state index in [1.54, 1.807) is 0 Å². The summed E-state index contributed by atoms with van der Waals surface area (Å²) in [6.07, 6.45) is -0.394. The fraction of sp³-hybridized carbons (Fsp3) is 0.562. The summed E-state index contributed by atoms with van der Waals surface area (Å²) >= 11 is 0. The highest BCUT2D eigenvalue weighted by molar-refractivity contribution is 5.81. The Labute approximate surface area is 125 Å². The number of ether oxygens (including phenoxy) is 2. The number of morpholine rings is 2. The highest BCUT2D eigenvalue weighted by Gasteiger charge is 2.31. The molecule has 0 saturated carbocycles. The van der Waals surface area contributed by atoms with E-state index in [2.05, 4.69) is 24.4 Å². The number of carbonyl (C=O) groups is 1. The van der Waals surface area contributed by atoms with Gasteiger partial charge in [-0.2, -0.15) is 0 Å². The molecule has 0 unspecified atom stereocenters. The van der Waals surface area contributed by atoms with Gasteiger partial charge < -0.3 is 19.7 Å². The maximum Gasteiger partial charge on any atom is 0.253 e. The van der Waals surface area contributed by atoms with Crippen LogP contribution in [-0.2, 0) is 14.3 Å². The fourth-order valence-electron chi connectivity index (χ4n) is 2.91. The molecule has 2 fully saturated rings. The monoisotopic (exact) mass is 290 g/mol. The second-order valence-electron chi connectivity index (χ2n) is 5.56. The highest BCUT2D eigenvalue weighted by Crippen LogP contribution is 2.25. The van der Waals surface area contributed by atoms with E-state index >= 15 is 0 Å². The van der Waals surface area contributed by atoms with Crippen LogP contribution in [0.3, 0.4) is 0 Å². The normalized spacial score (nSPS) is 26.6. The van der Waals surface area contributed by atoms with E-state index in [0.29, 0.717) is 32.8 Å². The van der Waals surface area contributed by atoms with Crippen LogP contribution in [0.15, 0.2) is 24.3 Å². The Bertz CT molecular complexity index is 500. The summed E-state index contributed by atoms with van der Waals surface area (Å²) < 4.78 is 11.4. The Morgan fingerprint density at radius 2 is 2.14 bits per heavy atom. The van der Waals surface area contributed by atoms with Crippen molar-refractivity contribution < 1.29 is 14.3 Å². The molecule has 3 rings (SSSR count). The van der Waals surface area contributed by atoms with Crippen molar-refractivity contribution in [1.29, 1.82) is 0 Å². The molecule has 2 heterocycles. The summed E-state index contributed by atoms with van der Waals surface area (Å²) in [5.41, 5.74) is 2.37. The van der Waals surface area contributed by atoms with Gasteiger partial charge in [0.05, 0.1) is 19.8 Å². The van der Waals surface area contributed by atoms with Crippen molar-refractivity contribution >= 4 is 5.91 Å². The molecule has 0 aliphatic carbocycles. The second-order valence-corrected chi connectivity index (χ2v) is 5.56. The molecule has 5 heteroatoms. The average molecular weight is 290 g/mol. The molecule has 1 N–H and O–H groups in total. The smallest absolute Gasteiger partial charge is 0.253 e. The quantitative estimate of drug-likeness (QED) is 0.878. The maximum atomic E-state index is 12.5. The summed E-state index contributed by atoms with van der Waals surface area (Å²) in [6, 6.07) is 8.19. The summed E-state index contributed by atoms with van der Waals surface area (Å²) in [5, 5.41) is 3.20. The minimum absolute atomic E-state index is 0.0413. The molecular weight excluding hydrogens is 268 g/mol. The van der Waals surface area contributed by atoms with Crippen molar-refractivity contribution in [3.63, 3.8) is 0 Å². The average Bonchev–Trinajstić information content (AvgIpc) is 2.55. The zero-order valence-corrected chi connectivity index (χ0v) is 12.4. The molecule has 2 aliphatic heterocycles. The lowest BCUT2D eigenvalue weighted by Crippen LogP contribution is -2.52. The fourth-order valence-corrected chi connectivity index (χ4v) is 2.91. The number of benzene rings is 1. The van der Waals surface area contributed by atoms with Gasteiger partial charge >= 0.3 is 0 Å². The predicted molar refractivity (Wildman–Crippen MR) is 79.1 cm³/mol. The topological polar surface area (TPSA) is 50.8 Å². The van der Waals surface area contributed by atoms with Crippen LogP contribution in [0.2, 0.25) is 0 Å². The van der Waals surface area contributed by atoms with Crippen molar-refractivity contribution in [2.24, 2.45) is 0 Å². The second kappa shape index (κ2) is 6.56. The van der Waals surface area contributed by atoms with Gasteiger partial charge in [-0.25, -0.2) is 0 Å². The molecule has 2 saturated heterocycles. The lowest BCUT2D eigenvalue weighted by atomic mass is 10.0. The van der Waals surface area contributed by atoms with Crippen LogP contribution in [0, 0.1) is 6.92 Å². The Kier molecular flexibility index (Phi) is 4.53. The van der Waals surface area contributed by atoms with Gasteiger partial charge in [0.25, 0.3) is 5.91 Å². The van der Waals surface area contributed by atoms with E-state index in [9.17, 15) is 4.79 Å². The summed E-state index contributed by atoms with van der Waals surface area (Å²) in [4.78, 5) is 14.4. The molecule has 2 atom stereocenters. The summed E-state index contributed by atoms with van der Waals surface area (Å²) in [7, 11) is 0. The van der Waals surface area contributed by atoms with Gasteiger partial charge in [0.1, 0.15) is 12.2 Å². The van der Waals surface area contributed by atoms with Crippen molar-refractivity contribution in [1.82, 2.24) is 10.2 Å². The molecule has 0 radical (unpaired) electrons. The standard InChI is InChI=1S/C16H22N2O3/c1-12-4-2-3-5-13(12)15-11-18(7-9-21-15)16(19)14-10-17-6-8-20-14/h2-5,14-15,17H,6-11H2,1H3/t14-,15+/m1/s1. The number of amides is 1. The van der Waals surface area contributed by atoms with E-state index in [1.165, 1.54) is 5.56 Å². The first-order chi connectivity index (χ1) is 10.3. The predicted octanol–water partition coefficient (Wildman–Crippen LogP) is 0.883. The van der Waals surface area contributed by atoms with Crippen LogP contribution >= 0.6 is 0 Å². The van der Waals surface area contributed by atoms with Gasteiger partial charge in [-0.15, -0.1) is 0 Å². The highest BCUT2D eigenvalue weighted by atomic mass is 16.5. The number of aryl methyl sites for hydroxylation is 1. The number of carbonyl (C=O) groups excluding carboxylic acids is 1. The Balaban J connectivity index is 1.68. The molecule has 0 spiro atoms. The number of nitrogens with one attached hydrogen (secondary N) is 1. The minimum atomic E-state index is -0.352. The van der Waals surface area contributed by atoms with Gasteiger partial charge in [0, 0.05) is 19.6 Å². The SMILES string of the molecule is Cc1ccccc1[C@@H]1CN(C(=O)[C@H]2CNCCO2)CCO1. The first-order valence-electron chi connectivity index (χ1n) is 7.54. The molecule has 5 nitrogen and oxygen atoms in total. The zero-order valence-electron chi connectivity index (χ0n) is 12.4. The van der Waals surface area contributed by atoms with Crippen LogP contribution in [0.25, 0.3) is 0 Å². The molecule has 1 aromatic rings. The van der Waals surface area contributed by atoms with Gasteiger partial charge in [-0.3, -0.25) is 4.79 Å². The molecule has 1 aromatic carbocycles. The Morgan fingerprint density at radius 1 is 1.29 bits per heavy atom. The number of hydrogen-bond donors (Lipinski definition) is 1. The lowest BCUT2D eigenvalue weighted by Gasteiger charge is -2.36. The van der Waals surface area contributed by atoms with Crippen LogP contribution < -0.4 is 5.32 Å². The largest absolute Gasteiger partial charge is 0.370 e. The van der Waals surface area contributed by atoms with E-state index in [1.807, 2.05) is 17.0 Å². The van der Waals surface area contributed by atoms with E-state index < -0.39 is 0 Å². The first-order valence-corrected chi connectivity index (χ1v) is 7.54. The third-order valence-corrected chi connectivity index (χ3v) is 4.12. The van der Waals surface area contributed by atoms with Crippen LogP contribution in [0.4, 0.5) is 0 Å². The van der Waals surface area contributed by atoms with Crippen LogP contribution in [-0.4, -0.2) is 56.3 Å². The van der Waals surface area contributed by atoms with E-state index in [4.69, 9.17) is 9.47 Å². The lowest BCUT2D eigenvalue weighted by molar-refractivity contribution is -0.152. The van der Waals surface area contributed by atoms with Crippen molar-refractivity contribution in [2.45, 2.75) is 19.1 Å². The van der Waals surface area contributed by atoms with Crippen molar-refractivity contribution in [2.75, 3.05) is 39.4 Å². The Hall–Kier alpha value is -1.43. The van der Waals surface area contributed by atoms with Gasteiger partial charge in [-0.1, -0.05) is 24.3 Å². The van der Waals surface area contributed by atoms with Crippen LogP contribution in [0.5, 0.6) is 0 Å². The first kappa shape index (κ1) is 14.5. The zero-order chi connectivity index (χ0) is 14.7. The number of hydrogen-bond acceptors (Lipinski definition) is 4. The molecule has 0 aromatic heterocycles. The third-order valence-electron chi connectivity index (χ3n) is 4.12. The summed E-state index contributed by atoms with van der Waals surface area (Å²) in [6.45, 7) is 5.91. The molecule has 0 bridgehead atoms. The molecular formula is C16H22N2O3. The van der Waals surface area contributed by atoms with Crippen molar-refractivity contribution in [3.8, 4) is 0 Å². The maximum absolute atomic E-state index is 12.5. The minimum Gasteiger partial charge on any atom is -0.370 e. The number of rotatable bonds is 2. The van der Waals surface area contributed by atoms with E-state index in [0.717, 1.165) is 12.1 Å². The Morgan fingerprint density at radius 3 is 2.90 bits per heavy atom. The van der Waals surface area contributed by atoms with E-state index in [-0.39, 0.29) is 18.1 Å². The van der Waals surface area contributed by atoms with Gasteiger partial charge in [-0.05, 0) is 18.1 Å². The molecule has 21 heavy (non-hydrogen) atoms. The van der Waals surface area contributed by atoms with Gasteiger partial charge in [0.2, 0.25) is 0 Å². The van der Waals surface area contributed by atoms with Crippen molar-refractivity contribution in [3.05, 3.63) is 35.4 Å². The van der Waals surface area contributed by atoms with Gasteiger partial charge in [0.15, 0.2) is 0 Å². The third kappa shape index (κ3) is 3.26. The summed E-state index contributed by atoms with van der Waals surface area (Å²) in [5.74, 6) is 0.0732.